The lowest BCUT2D eigenvalue weighted by Crippen LogP contribution is -2.60. The van der Waals surface area contributed by atoms with E-state index in [-0.39, 0.29) is 11.8 Å². The van der Waals surface area contributed by atoms with Crippen molar-refractivity contribution in [3.63, 3.8) is 0 Å². The highest BCUT2D eigenvalue weighted by Crippen LogP contribution is 2.35. The summed E-state index contributed by atoms with van der Waals surface area (Å²) in [5.74, 6) is 0.00203. The standard InChI is InChI=1S/C62H55N13O2/c1-39-29-48(21-24-63-39)68-50-15-20-60(65-36-50)72-62(77)43-8-5-10-47(33-43)70-59-30-40(2)66-57-19-17-52(35-55(57)59)74-37-53(38-74)75-28-23-49(31-41(75)3)67-44-11-13-45(14-12-44)71-61(76)42-7-4-9-46(32-42)69-58-22-25-64-56-18-16-51(34-54(56)58)73-26-6-27-73/h4-5,7-25,28-36,53H,6,26-27,37-38H2,1-3H3,(H5,63,64,65,66,68,69,70,71,72,76,77)/p+1. The van der Waals surface area contributed by atoms with Gasteiger partial charge >= 0.3 is 0 Å². The minimum Gasteiger partial charge on any atom is -0.371 e. The van der Waals surface area contributed by atoms with Gasteiger partial charge in [0.2, 0.25) is 0 Å². The van der Waals surface area contributed by atoms with Crippen LogP contribution in [-0.4, -0.2) is 57.9 Å². The molecule has 5 aromatic carbocycles. The molecule has 10 aromatic rings. The Bertz CT molecular complexity index is 3860. The smallest absolute Gasteiger partial charge is 0.256 e. The average Bonchev–Trinajstić information content (AvgIpc) is 3.41. The highest BCUT2D eigenvalue weighted by molar-refractivity contribution is 6.06. The molecule has 15 nitrogen and oxygen atoms in total. The van der Waals surface area contributed by atoms with Crippen molar-refractivity contribution in [1.82, 2.24) is 19.9 Å². The van der Waals surface area contributed by atoms with Crippen molar-refractivity contribution in [3.05, 3.63) is 211 Å². The molecule has 2 fully saturated rings. The Labute approximate surface area is 446 Å². The number of aromatic nitrogens is 5. The van der Waals surface area contributed by atoms with Crippen LogP contribution in [0.2, 0.25) is 0 Å². The second-order valence-electron chi connectivity index (χ2n) is 19.7. The van der Waals surface area contributed by atoms with Crippen LogP contribution < -0.4 is 46.3 Å². The number of pyridine rings is 5. The number of hydrogen-bond donors (Lipinski definition) is 6. The summed E-state index contributed by atoms with van der Waals surface area (Å²) in [6.45, 7) is 9.93. The highest BCUT2D eigenvalue weighted by atomic mass is 16.2. The van der Waals surface area contributed by atoms with Gasteiger partial charge in [-0.05, 0) is 154 Å². The minimum absolute atomic E-state index is 0.189. The number of nitrogens with one attached hydrogen (secondary N) is 6. The lowest BCUT2D eigenvalue weighted by Gasteiger charge is -2.37. The maximum atomic E-state index is 13.5. The van der Waals surface area contributed by atoms with Crippen LogP contribution in [0.25, 0.3) is 21.8 Å². The molecule has 0 aliphatic carbocycles. The zero-order valence-corrected chi connectivity index (χ0v) is 42.9. The van der Waals surface area contributed by atoms with E-state index in [9.17, 15) is 9.59 Å². The van der Waals surface area contributed by atoms with Gasteiger partial charge in [0, 0.05) is 129 Å². The van der Waals surface area contributed by atoms with Gasteiger partial charge < -0.3 is 41.7 Å². The summed E-state index contributed by atoms with van der Waals surface area (Å²) in [5, 5.41) is 22.0. The number of carbonyl (C=O) groups is 2. The van der Waals surface area contributed by atoms with Crippen molar-refractivity contribution in [1.29, 1.82) is 0 Å². The van der Waals surface area contributed by atoms with Gasteiger partial charge in [-0.2, -0.15) is 4.57 Å². The van der Waals surface area contributed by atoms with E-state index >= 15 is 0 Å². The first-order valence-electron chi connectivity index (χ1n) is 25.8. The van der Waals surface area contributed by atoms with E-state index in [2.05, 4.69) is 123 Å². The molecule has 0 unspecified atom stereocenters. The van der Waals surface area contributed by atoms with Crippen LogP contribution >= 0.6 is 0 Å². The number of anilines is 12. The maximum absolute atomic E-state index is 13.5. The van der Waals surface area contributed by atoms with E-state index in [0.29, 0.717) is 28.7 Å². The normalized spacial score (nSPS) is 13.1. The molecule has 5 aromatic heterocycles. The Morgan fingerprint density at radius 2 is 1.14 bits per heavy atom. The fourth-order valence-corrected chi connectivity index (χ4v) is 9.93. The third-order valence-electron chi connectivity index (χ3n) is 14.1. The zero-order chi connectivity index (χ0) is 52.4. The second-order valence-corrected chi connectivity index (χ2v) is 19.7. The van der Waals surface area contributed by atoms with Gasteiger partial charge in [-0.15, -0.1) is 0 Å². The first kappa shape index (κ1) is 48.1. The molecule has 2 aliphatic rings. The van der Waals surface area contributed by atoms with Gasteiger partial charge in [0.15, 0.2) is 17.9 Å². The van der Waals surface area contributed by atoms with Gasteiger partial charge in [0.1, 0.15) is 5.82 Å². The minimum atomic E-state index is -0.260. The topological polar surface area (TPSA) is 168 Å². The van der Waals surface area contributed by atoms with Crippen LogP contribution in [0.1, 0.15) is 50.3 Å². The lowest BCUT2D eigenvalue weighted by atomic mass is 10.0. The van der Waals surface area contributed by atoms with Crippen molar-refractivity contribution in [2.75, 3.05) is 67.9 Å². The molecule has 0 atom stereocenters. The summed E-state index contributed by atoms with van der Waals surface area (Å²) in [4.78, 5) is 49.8. The van der Waals surface area contributed by atoms with Gasteiger partial charge in [0.25, 0.3) is 11.8 Å². The molecule has 380 valence electrons. The van der Waals surface area contributed by atoms with Gasteiger partial charge in [-0.1, -0.05) is 12.1 Å². The van der Waals surface area contributed by atoms with Crippen molar-refractivity contribution in [2.24, 2.45) is 0 Å². The number of benzene rings is 5. The number of nitrogens with zero attached hydrogens (tertiary/aromatic N) is 7. The molecule has 2 saturated heterocycles. The van der Waals surface area contributed by atoms with E-state index in [1.807, 2.05) is 117 Å². The predicted octanol–water partition coefficient (Wildman–Crippen LogP) is 12.5. The summed E-state index contributed by atoms with van der Waals surface area (Å²) >= 11 is 0. The predicted molar refractivity (Wildman–Crippen MR) is 309 cm³/mol. The van der Waals surface area contributed by atoms with Gasteiger partial charge in [-0.3, -0.25) is 24.5 Å². The highest BCUT2D eigenvalue weighted by Gasteiger charge is 2.35. The van der Waals surface area contributed by atoms with Crippen LogP contribution in [0.5, 0.6) is 0 Å². The molecule has 2 aliphatic heterocycles. The Hall–Kier alpha value is -9.89. The molecule has 0 saturated carbocycles. The first-order valence-corrected chi connectivity index (χ1v) is 25.8. The molecule has 12 rings (SSSR count). The van der Waals surface area contributed by atoms with Crippen molar-refractivity contribution in [3.8, 4) is 0 Å². The van der Waals surface area contributed by atoms with E-state index < -0.39 is 0 Å². The zero-order valence-electron chi connectivity index (χ0n) is 42.9. The van der Waals surface area contributed by atoms with E-state index in [1.165, 1.54) is 12.1 Å². The lowest BCUT2D eigenvalue weighted by molar-refractivity contribution is -0.730. The largest absolute Gasteiger partial charge is 0.371 e. The van der Waals surface area contributed by atoms with E-state index in [4.69, 9.17) is 4.98 Å². The van der Waals surface area contributed by atoms with Crippen LogP contribution in [-0.2, 0) is 0 Å². The molecule has 2 amide bonds. The molecule has 15 heteroatoms. The van der Waals surface area contributed by atoms with Crippen LogP contribution in [0.3, 0.4) is 0 Å². The molecular weight excluding hydrogens is 959 g/mol. The third kappa shape index (κ3) is 10.7. The Kier molecular flexibility index (Phi) is 13.0. The quantitative estimate of drug-likeness (QED) is 0.0539. The summed E-state index contributed by atoms with van der Waals surface area (Å²) in [7, 11) is 0. The molecule has 77 heavy (non-hydrogen) atoms. The van der Waals surface area contributed by atoms with Crippen molar-refractivity contribution in [2.45, 2.75) is 33.2 Å². The summed E-state index contributed by atoms with van der Waals surface area (Å²) < 4.78 is 2.34. The SMILES string of the molecule is Cc1cc(Nc2ccc(NC(=O)c3cccc(Nc4cc(C)nc5ccc(N6CC([n+]7ccc(Nc8ccc(NC(=O)c9cccc(Nc%10ccnc%11ccc(N%12CCC%12)cc%10%11)c9)cc8)cc7C)C6)cc45)c3)nc2)ccn1. The fourth-order valence-electron chi connectivity index (χ4n) is 9.93. The Morgan fingerprint density at radius 1 is 0.506 bits per heavy atom. The average molecular weight is 1020 g/mol. The Balaban J connectivity index is 0.647. The summed E-state index contributed by atoms with van der Waals surface area (Å²) in [5.41, 5.74) is 15.9. The summed E-state index contributed by atoms with van der Waals surface area (Å²) in [6.07, 6.45) is 8.61. The summed E-state index contributed by atoms with van der Waals surface area (Å²) in [6, 6.07) is 51.7. The molecule has 0 radical (unpaired) electrons. The number of fused-ring (bicyclic) bond motifs is 2. The van der Waals surface area contributed by atoms with E-state index in [0.717, 1.165) is 116 Å². The van der Waals surface area contributed by atoms with Crippen molar-refractivity contribution >= 4 is 102 Å². The molecule has 0 spiro atoms. The van der Waals surface area contributed by atoms with Crippen LogP contribution in [0.4, 0.5) is 68.4 Å². The number of aryl methyl sites for hydroxylation is 3. The van der Waals surface area contributed by atoms with Gasteiger partial charge in [-0.25, -0.2) is 4.98 Å². The molecule has 6 N–H and O–H groups in total. The third-order valence-corrected chi connectivity index (χ3v) is 14.1. The Morgan fingerprint density at radius 3 is 1.84 bits per heavy atom. The number of amides is 2. The molecular formula is C62H56N13O2+. The van der Waals surface area contributed by atoms with Crippen molar-refractivity contribution < 1.29 is 14.2 Å². The molecule has 0 bridgehead atoms. The molecule has 7 heterocycles. The van der Waals surface area contributed by atoms with E-state index in [1.54, 1.807) is 24.5 Å². The van der Waals surface area contributed by atoms with Crippen LogP contribution in [0, 0.1) is 20.8 Å². The number of carbonyl (C=O) groups excluding carboxylic acids is 2. The van der Waals surface area contributed by atoms with Crippen LogP contribution in [0.15, 0.2) is 183 Å². The number of rotatable bonds is 15. The fraction of sp³-hybridized carbons (Fsp3) is 0.145. The van der Waals surface area contributed by atoms with Gasteiger partial charge in [0.05, 0.1) is 41.7 Å². The monoisotopic (exact) mass is 1010 g/mol. The number of hydrogen-bond acceptors (Lipinski definition) is 12. The maximum Gasteiger partial charge on any atom is 0.256 e. The second kappa shape index (κ2) is 20.8. The first-order chi connectivity index (χ1) is 37.6.